The quantitative estimate of drug-likeness (QED) is 0.0306. The maximum Gasteiger partial charge on any atom is 0.217 e. The van der Waals surface area contributed by atoms with Gasteiger partial charge >= 0.3 is 0 Å². The van der Waals surface area contributed by atoms with Gasteiger partial charge in [0.25, 0.3) is 0 Å². The van der Waals surface area contributed by atoms with Gasteiger partial charge in [-0.05, 0) is 0 Å². The van der Waals surface area contributed by atoms with Gasteiger partial charge in [-0.1, -0.05) is 0 Å². The summed E-state index contributed by atoms with van der Waals surface area (Å²) in [4.78, 5) is 77.0. The highest BCUT2D eigenvalue weighted by Gasteiger charge is 2.62. The number of aliphatic hydroxyl groups excluding tert-OH is 23. The summed E-state index contributed by atoms with van der Waals surface area (Å²) in [6.45, 7) is -4.83. The maximum atomic E-state index is 13.4. The van der Waals surface area contributed by atoms with Crippen molar-refractivity contribution in [2.75, 3.05) is 59.5 Å². The third-order valence-electron chi connectivity index (χ3n) is 21.2. The van der Waals surface area contributed by atoms with E-state index in [2.05, 4.69) is 31.9 Å². The zero-order valence-electron chi connectivity index (χ0n) is 64.0. The molecule has 0 aromatic rings. The van der Waals surface area contributed by atoms with Crippen LogP contribution in [0.3, 0.4) is 0 Å². The van der Waals surface area contributed by atoms with Gasteiger partial charge in [0.1, 0.15) is 219 Å². The van der Waals surface area contributed by atoms with Crippen LogP contribution in [0.2, 0.25) is 0 Å². The average Bonchev–Trinajstić information content (AvgIpc) is 0.667. The van der Waals surface area contributed by atoms with E-state index in [1.807, 2.05) is 0 Å². The van der Waals surface area contributed by atoms with Crippen LogP contribution in [0.25, 0.3) is 0 Å². The summed E-state index contributed by atoms with van der Waals surface area (Å²) in [5, 5.41) is 275. The monoisotopic (exact) mass is 1720 g/mol. The fraction of sp³-hybridized carbons (Fsp3) is 0.909. The van der Waals surface area contributed by atoms with E-state index in [1.165, 1.54) is 0 Å². The number of rotatable bonds is 31. The molecule has 9 aliphatic heterocycles. The summed E-state index contributed by atoms with van der Waals surface area (Å²) < 4.78 is 105. The molecule has 0 unspecified atom stereocenters. The largest absolute Gasteiger partial charge is 0.394 e. The molecule has 9 aliphatic rings. The minimum absolute atomic E-state index is 0.814. The number of carbonyl (C=O) groups excluding carboxylic acids is 6. The molecule has 52 nitrogen and oxygen atoms in total. The van der Waals surface area contributed by atoms with Gasteiger partial charge < -0.3 is 230 Å². The third-order valence-corrected chi connectivity index (χ3v) is 21.2. The molecule has 0 radical (unpaired) electrons. The second kappa shape index (κ2) is 42.7. The van der Waals surface area contributed by atoms with Crippen molar-refractivity contribution in [1.82, 2.24) is 31.9 Å². The predicted octanol–water partition coefficient (Wildman–Crippen LogP) is -19.8. The van der Waals surface area contributed by atoms with Crippen LogP contribution in [0.5, 0.6) is 0 Å². The van der Waals surface area contributed by atoms with Gasteiger partial charge in [-0.2, -0.15) is 0 Å². The Balaban J connectivity index is 1.22. The molecule has 0 aromatic carbocycles. The van der Waals surface area contributed by atoms with Crippen molar-refractivity contribution in [2.24, 2.45) is 0 Å². The van der Waals surface area contributed by atoms with Crippen LogP contribution in [0.15, 0.2) is 0 Å². The number of nitrogens with one attached hydrogen (secondary N) is 6. The van der Waals surface area contributed by atoms with Gasteiger partial charge in [0.2, 0.25) is 35.4 Å². The van der Waals surface area contributed by atoms with Gasteiger partial charge in [0.05, 0.1) is 59.5 Å². The topological polar surface area (TPSA) is 797 Å². The molecule has 0 aromatic heterocycles. The van der Waals surface area contributed by atoms with E-state index in [1.54, 1.807) is 0 Å². The maximum absolute atomic E-state index is 13.4. The Bertz CT molecular complexity index is 3230. The highest BCUT2D eigenvalue weighted by Crippen LogP contribution is 2.41. The molecule has 118 heavy (non-hydrogen) atoms. The van der Waals surface area contributed by atoms with E-state index >= 15 is 0 Å². The SMILES string of the molecule is CC(=O)N[C@@H]1[C@@H](O)[C@H](O[C@@H]2O[C@H](CO)[C@@H](O[C@@H]3O[C@H](CO[C@H]4O[C@H](CO)[C@@H](O)[C@H](O)[C@@H]4O[C@@H]4O[C@H](CO)[C@@H](O)[C@H](O)[C@H]4NC(C)=O)[C@@H](O[C@@H]4O[C@H](CO)[C@@H](O)[C@H](O)[C@H]4NC(C)=O)[C@H](O[C@H]4O[C@H](CO)[C@@H](O[C@@H]5O[C@H](CO)[C@@H](O)[C@H](O)[C@H]5NC(C)=O)[C@H](O)[C@@H]4O[C@@H]4O[C@H](CO)[C@@H](O)[C@H](O)[C@H]4NC(C)=O)[C@@H]3O)[C@H](O)[C@H]2NC(C)=O)[C@@H](CO)O[C@H]1O. The van der Waals surface area contributed by atoms with Crippen molar-refractivity contribution >= 4 is 35.4 Å². The molecule has 29 N–H and O–H groups in total. The highest BCUT2D eigenvalue weighted by atomic mass is 16.8. The molecule has 9 rings (SSSR count). The molecule has 9 fully saturated rings. The van der Waals surface area contributed by atoms with Gasteiger partial charge in [-0.3, -0.25) is 28.8 Å². The number of ether oxygens (including phenoxy) is 17. The molecular weight excluding hydrogens is 1610 g/mol. The summed E-state index contributed by atoms with van der Waals surface area (Å²) in [5.41, 5.74) is 0. The zero-order valence-corrected chi connectivity index (χ0v) is 64.0. The second-order valence-corrected chi connectivity index (χ2v) is 29.6. The second-order valence-electron chi connectivity index (χ2n) is 29.6. The molecule has 0 bridgehead atoms. The summed E-state index contributed by atoms with van der Waals surface area (Å²) in [6.07, 6.45) is -84.7. The molecule has 0 saturated carbocycles. The van der Waals surface area contributed by atoms with Crippen LogP contribution >= 0.6 is 0 Å². The minimum atomic E-state index is -2.77. The van der Waals surface area contributed by atoms with Crippen LogP contribution in [-0.4, -0.2) is 488 Å². The van der Waals surface area contributed by atoms with Crippen molar-refractivity contribution in [2.45, 2.75) is 318 Å². The summed E-state index contributed by atoms with van der Waals surface area (Å²) in [7, 11) is 0. The number of carbonyl (C=O) groups is 6. The normalized spacial score (nSPS) is 46.9. The number of amides is 6. The molecule has 680 valence electrons. The number of hydrogen-bond donors (Lipinski definition) is 29. The van der Waals surface area contributed by atoms with Crippen molar-refractivity contribution in [3.05, 3.63) is 0 Å². The number of hydrogen-bond acceptors (Lipinski definition) is 46. The van der Waals surface area contributed by atoms with Crippen molar-refractivity contribution in [1.29, 1.82) is 0 Å². The Hall–Kier alpha value is -4.78. The molecule has 9 heterocycles. The van der Waals surface area contributed by atoms with Crippen molar-refractivity contribution < 1.29 is 227 Å². The summed E-state index contributed by atoms with van der Waals surface area (Å²) >= 11 is 0. The fourth-order valence-electron chi connectivity index (χ4n) is 15.3. The Kier molecular flexibility index (Phi) is 35.1. The minimum Gasteiger partial charge on any atom is -0.394 e. The lowest BCUT2D eigenvalue weighted by molar-refractivity contribution is -0.412. The molecular formula is C66H110N6O46. The lowest BCUT2D eigenvalue weighted by Crippen LogP contribution is -2.72. The van der Waals surface area contributed by atoms with Gasteiger partial charge in [0, 0.05) is 41.5 Å². The van der Waals surface area contributed by atoms with Gasteiger partial charge in [-0.25, -0.2) is 0 Å². The Morgan fingerprint density at radius 1 is 0.220 bits per heavy atom. The van der Waals surface area contributed by atoms with Crippen molar-refractivity contribution in [3.63, 3.8) is 0 Å². The number of aliphatic hydroxyl groups is 23. The zero-order chi connectivity index (χ0) is 87.1. The van der Waals surface area contributed by atoms with E-state index in [0.29, 0.717) is 0 Å². The highest BCUT2D eigenvalue weighted by molar-refractivity contribution is 5.75. The van der Waals surface area contributed by atoms with E-state index in [9.17, 15) is 146 Å². The average molecular weight is 1720 g/mol. The van der Waals surface area contributed by atoms with E-state index in [4.69, 9.17) is 80.5 Å². The summed E-state index contributed by atoms with van der Waals surface area (Å²) in [6, 6.07) is -11.4. The lowest BCUT2D eigenvalue weighted by Gasteiger charge is -2.53. The van der Waals surface area contributed by atoms with Crippen LogP contribution in [0.1, 0.15) is 41.5 Å². The molecule has 6 amide bonds. The lowest BCUT2D eigenvalue weighted by atomic mass is 9.93. The van der Waals surface area contributed by atoms with Crippen LogP contribution in [0, 0.1) is 0 Å². The molecule has 0 aliphatic carbocycles. The van der Waals surface area contributed by atoms with E-state index in [-0.39, 0.29) is 0 Å². The molecule has 52 heteroatoms. The van der Waals surface area contributed by atoms with Crippen molar-refractivity contribution in [3.8, 4) is 0 Å². The third kappa shape index (κ3) is 21.9. The molecule has 0 spiro atoms. The van der Waals surface area contributed by atoms with Crippen LogP contribution < -0.4 is 31.9 Å². The van der Waals surface area contributed by atoms with Crippen LogP contribution in [-0.2, 0) is 109 Å². The first-order chi connectivity index (χ1) is 55.8. The first kappa shape index (κ1) is 97.0. The first-order valence-corrected chi connectivity index (χ1v) is 37.6. The molecule has 45 atom stereocenters. The Morgan fingerprint density at radius 2 is 0.458 bits per heavy atom. The fourth-order valence-corrected chi connectivity index (χ4v) is 15.3. The van der Waals surface area contributed by atoms with Crippen LogP contribution in [0.4, 0.5) is 0 Å². The standard InChI is InChI=1S/C66H110N6O46/c1-16(81)67-31-46(96)51(27(12-78)103-58(31)101)112-63-36(72-21(6)86)47(97)52(28(13-79)109-63)114-64-50(100)55(116-66-57(118-62-35(71-20(5)85)45(95)40(90)25(10-76)107-62)49(99)53(29(14-80)110-66)113-59-32(68-17(2)82)42(92)37(87)22(7-73)104-59)54(115-60-33(69-18(3)83)43(93)38(88)23(8-74)105-60)30(111-64)15-102-65-56(48(98)41(91)26(11-77)108-65)117-61-34(70-19(4)84)44(94)39(89)24(9-75)106-61/h22-66,73-80,87-101H,7-15H2,1-6H3,(H,67,81)(H,68,82)(H,69,83)(H,70,84)(H,71,85)(H,72,86)/t22-,23-,24-,25-,26-,27-,28-,29-,30-,31-,32-,33-,34-,35-,36-,37-,38-,39-,40-,41-,42-,43-,44-,45-,46-,47-,48+,49+,50+,51-,52-,53-,54-,55-,56+,57+,58-,59+,60+,61+,62+,63+,64+,65+,66-/m1/s1. The van der Waals surface area contributed by atoms with E-state index < -0.39 is 371 Å². The Labute approximate surface area is 669 Å². The predicted molar refractivity (Wildman–Crippen MR) is 367 cm³/mol. The Morgan fingerprint density at radius 3 is 0.805 bits per heavy atom. The first-order valence-electron chi connectivity index (χ1n) is 37.6. The van der Waals surface area contributed by atoms with Gasteiger partial charge in [0.15, 0.2) is 56.6 Å². The van der Waals surface area contributed by atoms with Gasteiger partial charge in [-0.15, -0.1) is 0 Å². The smallest absolute Gasteiger partial charge is 0.217 e. The molecule has 9 saturated heterocycles. The van der Waals surface area contributed by atoms with E-state index in [0.717, 1.165) is 41.5 Å². The summed E-state index contributed by atoms with van der Waals surface area (Å²) in [5.74, 6) is -5.55.